The number of carbonyl (C=O) groups is 2. The van der Waals surface area contributed by atoms with Crippen LogP contribution in [-0.4, -0.2) is 49.6 Å². The van der Waals surface area contributed by atoms with Crippen LogP contribution in [0.3, 0.4) is 0 Å². The summed E-state index contributed by atoms with van der Waals surface area (Å²) in [5.74, 6) is -0.643. The van der Waals surface area contributed by atoms with Crippen LogP contribution < -0.4 is 10.6 Å². The van der Waals surface area contributed by atoms with Gasteiger partial charge in [-0.1, -0.05) is 29.8 Å². The van der Waals surface area contributed by atoms with Crippen LogP contribution in [0.25, 0.3) is 0 Å². The second-order valence-electron chi connectivity index (χ2n) is 6.16. The van der Waals surface area contributed by atoms with E-state index >= 15 is 0 Å². The molecule has 2 N–H and O–H groups in total. The fraction of sp³-hybridized carbons (Fsp3) is 0.368. The Labute approximate surface area is 162 Å². The van der Waals surface area contributed by atoms with Crippen molar-refractivity contribution in [3.8, 4) is 0 Å². The smallest absolute Gasteiger partial charge is 0.309 e. The largest absolute Gasteiger partial charge is 0.468 e. The van der Waals surface area contributed by atoms with Gasteiger partial charge in [0.1, 0.15) is 5.76 Å². The number of halogens is 1. The van der Waals surface area contributed by atoms with Crippen molar-refractivity contribution in [1.82, 2.24) is 15.5 Å². The Morgan fingerprint density at radius 3 is 2.52 bits per heavy atom. The van der Waals surface area contributed by atoms with E-state index in [1.807, 2.05) is 12.1 Å². The second-order valence-corrected chi connectivity index (χ2v) is 6.57. The molecule has 1 aliphatic rings. The zero-order valence-electron chi connectivity index (χ0n) is 14.8. The fourth-order valence-electron chi connectivity index (χ4n) is 2.95. The summed E-state index contributed by atoms with van der Waals surface area (Å²) in [5, 5.41) is 5.82. The molecule has 1 atom stereocenters. The first-order valence-electron chi connectivity index (χ1n) is 8.80. The highest BCUT2D eigenvalue weighted by Gasteiger charge is 2.26. The molecule has 3 rings (SSSR count). The highest BCUT2D eigenvalue weighted by Crippen LogP contribution is 2.21. The van der Waals surface area contributed by atoms with Crippen molar-refractivity contribution in [2.75, 3.05) is 32.8 Å². The number of hydrogen-bond donors (Lipinski definition) is 2. The van der Waals surface area contributed by atoms with Crippen LogP contribution in [0.15, 0.2) is 47.1 Å². The number of morpholine rings is 1. The van der Waals surface area contributed by atoms with E-state index in [1.165, 1.54) is 0 Å². The van der Waals surface area contributed by atoms with Crippen molar-refractivity contribution in [2.45, 2.75) is 12.6 Å². The molecule has 1 saturated heterocycles. The first kappa shape index (κ1) is 19.4. The fourth-order valence-corrected chi connectivity index (χ4v) is 3.15. The van der Waals surface area contributed by atoms with E-state index < -0.39 is 11.8 Å². The maximum Gasteiger partial charge on any atom is 0.309 e. The summed E-state index contributed by atoms with van der Waals surface area (Å²) in [6, 6.07) is 10.7. The predicted molar refractivity (Wildman–Crippen MR) is 100 cm³/mol. The minimum Gasteiger partial charge on any atom is -0.468 e. The summed E-state index contributed by atoms with van der Waals surface area (Å²) in [5.41, 5.74) is 0.752. The topological polar surface area (TPSA) is 83.8 Å². The summed E-state index contributed by atoms with van der Waals surface area (Å²) >= 11 is 6.06. The van der Waals surface area contributed by atoms with Crippen molar-refractivity contribution in [2.24, 2.45) is 0 Å². The minimum atomic E-state index is -0.699. The Kier molecular flexibility index (Phi) is 6.86. The van der Waals surface area contributed by atoms with Crippen LogP contribution in [0.4, 0.5) is 0 Å². The van der Waals surface area contributed by atoms with E-state index in [0.29, 0.717) is 18.2 Å². The molecule has 0 spiro atoms. The quantitative estimate of drug-likeness (QED) is 0.733. The summed E-state index contributed by atoms with van der Waals surface area (Å²) in [4.78, 5) is 26.4. The van der Waals surface area contributed by atoms with Crippen LogP contribution in [0, 0.1) is 0 Å². The number of rotatable bonds is 6. The molecule has 2 amide bonds. The van der Waals surface area contributed by atoms with Gasteiger partial charge in [-0.15, -0.1) is 0 Å². The molecule has 2 heterocycles. The van der Waals surface area contributed by atoms with Gasteiger partial charge in [0.05, 0.1) is 25.5 Å². The van der Waals surface area contributed by atoms with Crippen molar-refractivity contribution < 1.29 is 18.7 Å². The number of hydrogen-bond acceptors (Lipinski definition) is 5. The van der Waals surface area contributed by atoms with Gasteiger partial charge in [0.25, 0.3) is 0 Å². The Morgan fingerprint density at radius 1 is 1.07 bits per heavy atom. The molecule has 0 radical (unpaired) electrons. The zero-order valence-corrected chi connectivity index (χ0v) is 15.6. The summed E-state index contributed by atoms with van der Waals surface area (Å²) in [6.07, 6.45) is 1.60. The van der Waals surface area contributed by atoms with Crippen LogP contribution in [-0.2, 0) is 20.9 Å². The number of nitrogens with zero attached hydrogens (tertiary/aromatic N) is 1. The molecule has 0 aliphatic carbocycles. The number of nitrogens with one attached hydrogen (secondary N) is 2. The van der Waals surface area contributed by atoms with Gasteiger partial charge < -0.3 is 19.8 Å². The lowest BCUT2D eigenvalue weighted by molar-refractivity contribution is -0.139. The Balaban J connectivity index is 1.53. The van der Waals surface area contributed by atoms with E-state index in [-0.39, 0.29) is 19.1 Å². The molecule has 1 aliphatic heterocycles. The average molecular weight is 392 g/mol. The third-order valence-corrected chi connectivity index (χ3v) is 4.79. The molecular formula is C19H22ClN3O4. The van der Waals surface area contributed by atoms with Gasteiger partial charge in [-0.05, 0) is 23.8 Å². The number of furan rings is 1. The van der Waals surface area contributed by atoms with Crippen LogP contribution in [0.5, 0.6) is 0 Å². The number of ether oxygens (including phenoxy) is 1. The van der Waals surface area contributed by atoms with E-state index in [0.717, 1.165) is 24.4 Å². The lowest BCUT2D eigenvalue weighted by atomic mass is 10.1. The molecule has 0 saturated carbocycles. The molecule has 8 heteroatoms. The van der Waals surface area contributed by atoms with Crippen molar-refractivity contribution in [3.63, 3.8) is 0 Å². The highest BCUT2D eigenvalue weighted by atomic mass is 35.5. The van der Waals surface area contributed by atoms with E-state index in [4.69, 9.17) is 20.8 Å². The third-order valence-electron chi connectivity index (χ3n) is 4.42. The normalized spacial score (nSPS) is 15.9. The first-order valence-corrected chi connectivity index (χ1v) is 9.17. The zero-order chi connectivity index (χ0) is 19.1. The highest BCUT2D eigenvalue weighted by molar-refractivity contribution is 6.35. The van der Waals surface area contributed by atoms with Gasteiger partial charge in [-0.3, -0.25) is 14.5 Å². The molecule has 7 nitrogen and oxygen atoms in total. The monoisotopic (exact) mass is 391 g/mol. The second kappa shape index (κ2) is 9.55. The van der Waals surface area contributed by atoms with Crippen molar-refractivity contribution in [3.05, 3.63) is 59.0 Å². The molecule has 1 aromatic heterocycles. The summed E-state index contributed by atoms with van der Waals surface area (Å²) < 4.78 is 10.9. The molecule has 1 fully saturated rings. The number of amides is 2. The summed E-state index contributed by atoms with van der Waals surface area (Å²) in [6.45, 7) is 3.19. The van der Waals surface area contributed by atoms with Crippen LogP contribution in [0.2, 0.25) is 5.02 Å². The Hall–Kier alpha value is -2.35. The van der Waals surface area contributed by atoms with Gasteiger partial charge in [0, 0.05) is 31.2 Å². The van der Waals surface area contributed by atoms with E-state index in [2.05, 4.69) is 15.5 Å². The van der Waals surface area contributed by atoms with Crippen LogP contribution >= 0.6 is 11.6 Å². The number of carbonyl (C=O) groups excluding carboxylic acids is 2. The van der Waals surface area contributed by atoms with Gasteiger partial charge in [0.15, 0.2) is 0 Å². The van der Waals surface area contributed by atoms with Crippen LogP contribution in [0.1, 0.15) is 17.4 Å². The van der Waals surface area contributed by atoms with E-state index in [1.54, 1.807) is 30.5 Å². The molecule has 1 aromatic carbocycles. The molecule has 2 aromatic rings. The van der Waals surface area contributed by atoms with Gasteiger partial charge >= 0.3 is 11.8 Å². The lowest BCUT2D eigenvalue weighted by Crippen LogP contribution is -2.46. The molecule has 27 heavy (non-hydrogen) atoms. The first-order chi connectivity index (χ1) is 13.1. The Bertz CT molecular complexity index is 760. The summed E-state index contributed by atoms with van der Waals surface area (Å²) in [7, 11) is 0. The Morgan fingerprint density at radius 2 is 1.81 bits per heavy atom. The molecule has 144 valence electrons. The maximum absolute atomic E-state index is 12.2. The molecular weight excluding hydrogens is 370 g/mol. The minimum absolute atomic E-state index is 0.149. The van der Waals surface area contributed by atoms with Gasteiger partial charge in [-0.25, -0.2) is 0 Å². The third kappa shape index (κ3) is 5.32. The van der Waals surface area contributed by atoms with Crippen molar-refractivity contribution >= 4 is 23.4 Å². The molecule has 0 unspecified atom stereocenters. The maximum atomic E-state index is 12.2. The molecule has 0 bridgehead atoms. The van der Waals surface area contributed by atoms with Gasteiger partial charge in [-0.2, -0.15) is 0 Å². The average Bonchev–Trinajstić information content (AvgIpc) is 3.22. The SMILES string of the molecule is O=C(NCc1ccccc1Cl)C(=O)NC[C@H](c1ccco1)N1CCOCC1. The standard InChI is InChI=1S/C19H22ClN3O4/c20-15-5-2-1-4-14(15)12-21-18(24)19(25)22-13-16(17-6-3-9-27-17)23-7-10-26-11-8-23/h1-6,9,16H,7-8,10-13H2,(H,21,24)(H,22,25)/t16-/m1/s1. The predicted octanol–water partition coefficient (Wildman–Crippen LogP) is 1.74. The lowest BCUT2D eigenvalue weighted by Gasteiger charge is -2.33. The van der Waals surface area contributed by atoms with Gasteiger partial charge in [0.2, 0.25) is 0 Å². The van der Waals surface area contributed by atoms with Crippen molar-refractivity contribution in [1.29, 1.82) is 0 Å². The number of benzene rings is 1. The van der Waals surface area contributed by atoms with E-state index in [9.17, 15) is 9.59 Å².